The van der Waals surface area contributed by atoms with Gasteiger partial charge in [0, 0.05) is 37.3 Å². The maximum Gasteiger partial charge on any atom is 0.341 e. The van der Waals surface area contributed by atoms with Crippen LogP contribution >= 0.6 is 0 Å². The van der Waals surface area contributed by atoms with Crippen molar-refractivity contribution in [1.29, 1.82) is 0 Å². The minimum Gasteiger partial charge on any atom is -0.462 e. The van der Waals surface area contributed by atoms with Gasteiger partial charge in [-0.3, -0.25) is 0 Å². The Hall–Kier alpha value is -2.84. The third kappa shape index (κ3) is 4.60. The number of rotatable bonds is 7. The fraction of sp³-hybridized carbons (Fsp3) is 0.478. The number of allylic oxidation sites excluding steroid dienone is 1. The van der Waals surface area contributed by atoms with Crippen molar-refractivity contribution in [1.82, 2.24) is 20.1 Å². The first-order valence-corrected chi connectivity index (χ1v) is 11.0. The Bertz CT molecular complexity index is 961. The van der Waals surface area contributed by atoms with Crippen LogP contribution in [0.15, 0.2) is 42.4 Å². The molecule has 2 aromatic rings. The minimum atomic E-state index is -0.347. The molecule has 8 heteroatoms. The van der Waals surface area contributed by atoms with Crippen molar-refractivity contribution in [2.45, 2.75) is 38.0 Å². The van der Waals surface area contributed by atoms with E-state index in [1.165, 1.54) is 23.4 Å². The van der Waals surface area contributed by atoms with E-state index in [-0.39, 0.29) is 17.8 Å². The van der Waals surface area contributed by atoms with Gasteiger partial charge in [0.25, 0.3) is 0 Å². The number of carbonyl (C=O) groups is 1. The van der Waals surface area contributed by atoms with E-state index in [1.807, 2.05) is 10.7 Å². The number of hydrazine groups is 1. The summed E-state index contributed by atoms with van der Waals surface area (Å²) >= 11 is 0. The summed E-state index contributed by atoms with van der Waals surface area (Å²) in [6.45, 7) is 4.20. The monoisotopic (exact) mass is 424 g/mol. The number of hydrogen-bond acceptors (Lipinski definition) is 7. The highest BCUT2D eigenvalue weighted by Crippen LogP contribution is 2.52. The fourth-order valence-electron chi connectivity index (χ4n) is 4.53. The van der Waals surface area contributed by atoms with E-state index in [0.29, 0.717) is 23.8 Å². The second kappa shape index (κ2) is 9.11. The lowest BCUT2D eigenvalue weighted by atomic mass is 9.91. The summed E-state index contributed by atoms with van der Waals surface area (Å²) in [7, 11) is 1.74. The smallest absolute Gasteiger partial charge is 0.341 e. The quantitative estimate of drug-likeness (QED) is 0.355. The average molecular weight is 425 g/mol. The van der Waals surface area contributed by atoms with Gasteiger partial charge in [-0.25, -0.2) is 15.3 Å². The van der Waals surface area contributed by atoms with Gasteiger partial charge in [0.1, 0.15) is 5.56 Å². The van der Waals surface area contributed by atoms with E-state index in [2.05, 4.69) is 28.6 Å². The molecule has 1 aromatic carbocycles. The molecule has 1 saturated carbocycles. The third-order valence-corrected chi connectivity index (χ3v) is 6.11. The van der Waals surface area contributed by atoms with Gasteiger partial charge in [0.2, 0.25) is 0 Å². The number of nitrogens with one attached hydrogen (secondary N) is 1. The van der Waals surface area contributed by atoms with Crippen LogP contribution in [0.3, 0.4) is 0 Å². The van der Waals surface area contributed by atoms with Crippen LogP contribution in [0.4, 0.5) is 0 Å². The summed E-state index contributed by atoms with van der Waals surface area (Å²) in [5.41, 5.74) is 10.6. The summed E-state index contributed by atoms with van der Waals surface area (Å²) in [4.78, 5) is 12.7. The zero-order chi connectivity index (χ0) is 22.0. The molecule has 2 fully saturated rings. The maximum atomic E-state index is 12.7. The summed E-state index contributed by atoms with van der Waals surface area (Å²) in [6, 6.07) is 8.47. The number of nitrogens with zero attached hydrogens (tertiary/aromatic N) is 3. The van der Waals surface area contributed by atoms with Crippen molar-refractivity contribution in [2.24, 2.45) is 17.5 Å². The minimum absolute atomic E-state index is 0.0955. The van der Waals surface area contributed by atoms with E-state index in [4.69, 9.17) is 16.3 Å². The molecular weight excluding hydrogens is 392 g/mol. The number of carbonyl (C=O) groups excluding carboxylic acids is 1. The lowest BCUT2D eigenvalue weighted by molar-refractivity contribution is 0.0525. The first kappa shape index (κ1) is 21.4. The first-order chi connectivity index (χ1) is 15.0. The van der Waals surface area contributed by atoms with Crippen LogP contribution in [0, 0.1) is 5.92 Å². The first-order valence-electron chi connectivity index (χ1n) is 11.0. The summed E-state index contributed by atoms with van der Waals surface area (Å²) in [5, 5.41) is 9.53. The predicted octanol–water partition coefficient (Wildman–Crippen LogP) is 2.23. The van der Waals surface area contributed by atoms with E-state index in [9.17, 15) is 4.79 Å². The molecular formula is C23H32N6O2. The molecule has 0 spiro atoms. The van der Waals surface area contributed by atoms with E-state index < -0.39 is 0 Å². The van der Waals surface area contributed by atoms with Crippen molar-refractivity contribution in [2.75, 3.05) is 26.7 Å². The predicted molar refractivity (Wildman–Crippen MR) is 119 cm³/mol. The molecule has 1 aliphatic carbocycles. The number of ether oxygens (including phenoxy) is 1. The van der Waals surface area contributed by atoms with Gasteiger partial charge in [-0.05, 0) is 56.3 Å². The Kier molecular flexibility index (Phi) is 6.29. The molecule has 5 N–H and O–H groups in total. The van der Waals surface area contributed by atoms with Gasteiger partial charge in [-0.2, -0.15) is 5.10 Å². The number of hydrogen-bond donors (Lipinski definition) is 3. The molecule has 3 unspecified atom stereocenters. The summed E-state index contributed by atoms with van der Waals surface area (Å²) in [6.07, 6.45) is 6.55. The molecule has 2 heterocycles. The average Bonchev–Trinajstić information content (AvgIpc) is 3.44. The lowest BCUT2D eigenvalue weighted by Crippen LogP contribution is -2.28. The number of nitrogens with two attached hydrogens (primary N) is 2. The van der Waals surface area contributed by atoms with E-state index in [0.717, 1.165) is 30.9 Å². The maximum absolute atomic E-state index is 12.7. The Morgan fingerprint density at radius 1 is 1.45 bits per heavy atom. The number of piperidine rings is 1. The summed E-state index contributed by atoms with van der Waals surface area (Å²) in [5.74, 6) is 6.09. The molecule has 3 atom stereocenters. The van der Waals surface area contributed by atoms with Gasteiger partial charge in [0.15, 0.2) is 0 Å². The van der Waals surface area contributed by atoms with Crippen LogP contribution in [-0.4, -0.2) is 47.5 Å². The molecule has 0 bridgehead atoms. The van der Waals surface area contributed by atoms with Gasteiger partial charge < -0.3 is 20.8 Å². The van der Waals surface area contributed by atoms with Crippen molar-refractivity contribution >= 4 is 5.97 Å². The SMILES string of the molecule is CCOC(=O)c1cnn(-c2cccc(C3CCCNC3)c2)c1C1CC1/C(N)=C/N(C)N. The zero-order valence-corrected chi connectivity index (χ0v) is 18.3. The van der Waals surface area contributed by atoms with Crippen LogP contribution in [0.1, 0.15) is 59.6 Å². The van der Waals surface area contributed by atoms with Crippen molar-refractivity contribution in [3.63, 3.8) is 0 Å². The van der Waals surface area contributed by atoms with Gasteiger partial charge in [-0.15, -0.1) is 0 Å². The highest BCUT2D eigenvalue weighted by atomic mass is 16.5. The normalized spacial score (nSPS) is 23.5. The topological polar surface area (TPSA) is 111 Å². The van der Waals surface area contributed by atoms with Crippen LogP contribution in [0.2, 0.25) is 0 Å². The molecule has 1 aromatic heterocycles. The standard InChI is InChI=1S/C23H32N6O2/c1-3-31-23(30)20-13-27-29(22(20)19-11-18(19)21(24)14-28(2)25)17-8-4-6-15(10-17)16-7-5-9-26-12-16/h4,6,8,10,13-14,16,18-19,26H,3,5,7,9,11-12,24-25H2,1-2H3/b21-14-. The molecule has 2 aliphatic rings. The van der Waals surface area contributed by atoms with Crippen LogP contribution in [0.5, 0.6) is 0 Å². The fourth-order valence-corrected chi connectivity index (χ4v) is 4.53. The van der Waals surface area contributed by atoms with Crippen molar-refractivity contribution < 1.29 is 9.53 Å². The Morgan fingerprint density at radius 2 is 2.29 bits per heavy atom. The van der Waals surface area contributed by atoms with Crippen LogP contribution < -0.4 is 16.9 Å². The molecule has 8 nitrogen and oxygen atoms in total. The largest absolute Gasteiger partial charge is 0.462 e. The molecule has 4 rings (SSSR count). The van der Waals surface area contributed by atoms with Crippen LogP contribution in [-0.2, 0) is 4.74 Å². The highest BCUT2D eigenvalue weighted by molar-refractivity contribution is 5.91. The van der Waals surface area contributed by atoms with E-state index in [1.54, 1.807) is 26.4 Å². The molecule has 1 aliphatic heterocycles. The second-order valence-electron chi connectivity index (χ2n) is 8.46. The Balaban J connectivity index is 1.70. The van der Waals surface area contributed by atoms with E-state index >= 15 is 0 Å². The lowest BCUT2D eigenvalue weighted by Gasteiger charge is -2.23. The summed E-state index contributed by atoms with van der Waals surface area (Å²) < 4.78 is 7.19. The Morgan fingerprint density at radius 3 is 3.00 bits per heavy atom. The Labute approximate surface area is 183 Å². The second-order valence-corrected chi connectivity index (χ2v) is 8.46. The third-order valence-electron chi connectivity index (χ3n) is 6.11. The van der Waals surface area contributed by atoms with Crippen molar-refractivity contribution in [3.05, 3.63) is 59.2 Å². The van der Waals surface area contributed by atoms with Crippen LogP contribution in [0.25, 0.3) is 5.69 Å². The number of aromatic nitrogens is 2. The van der Waals surface area contributed by atoms with Crippen molar-refractivity contribution in [3.8, 4) is 5.69 Å². The van der Waals surface area contributed by atoms with Gasteiger partial charge in [0.05, 0.1) is 24.2 Å². The molecule has 0 radical (unpaired) electrons. The number of benzene rings is 1. The molecule has 0 amide bonds. The number of esters is 1. The molecule has 1 saturated heterocycles. The van der Waals surface area contributed by atoms with Gasteiger partial charge >= 0.3 is 5.97 Å². The molecule has 31 heavy (non-hydrogen) atoms. The highest BCUT2D eigenvalue weighted by Gasteiger charge is 2.45. The van der Waals surface area contributed by atoms with Gasteiger partial charge in [-0.1, -0.05) is 12.1 Å². The molecule has 166 valence electrons. The zero-order valence-electron chi connectivity index (χ0n) is 18.3.